The molecule has 0 N–H and O–H groups in total. The Bertz CT molecular complexity index is 3570. The van der Waals surface area contributed by atoms with Crippen molar-refractivity contribution in [2.24, 2.45) is 0 Å². The highest BCUT2D eigenvalue weighted by atomic mass is 15.0. The molecule has 0 atom stereocenters. The van der Waals surface area contributed by atoms with E-state index >= 15 is 0 Å². The molecular formula is C62H43N3. The van der Waals surface area contributed by atoms with Crippen LogP contribution in [0.2, 0.25) is 0 Å². The second-order valence-electron chi connectivity index (χ2n) is 18.1. The van der Waals surface area contributed by atoms with Gasteiger partial charge in [-0.05, 0) is 98.1 Å². The summed E-state index contributed by atoms with van der Waals surface area (Å²) in [5.41, 5.74) is 20.5. The predicted octanol–water partition coefficient (Wildman–Crippen LogP) is 15.2. The zero-order chi connectivity index (χ0) is 43.3. The van der Waals surface area contributed by atoms with Crippen molar-refractivity contribution >= 4 is 21.8 Å². The first-order chi connectivity index (χ1) is 32.0. The normalized spacial score (nSPS) is 13.9. The molecule has 2 aromatic heterocycles. The molecule has 13 rings (SSSR count). The Kier molecular flexibility index (Phi) is 8.17. The second-order valence-corrected chi connectivity index (χ2v) is 18.1. The van der Waals surface area contributed by atoms with Crippen molar-refractivity contribution in [2.75, 3.05) is 0 Å². The van der Waals surface area contributed by atoms with Crippen LogP contribution in [-0.2, 0) is 10.8 Å². The first kappa shape index (κ1) is 37.4. The van der Waals surface area contributed by atoms with Crippen molar-refractivity contribution in [3.63, 3.8) is 0 Å². The lowest BCUT2D eigenvalue weighted by atomic mass is 9.55. The third kappa shape index (κ3) is 5.42. The summed E-state index contributed by atoms with van der Waals surface area (Å²) in [6, 6.07) is 82.0. The number of para-hydroxylation sites is 2. The van der Waals surface area contributed by atoms with Crippen molar-refractivity contribution in [3.05, 3.63) is 258 Å². The van der Waals surface area contributed by atoms with Crippen molar-refractivity contribution in [1.29, 1.82) is 0 Å². The summed E-state index contributed by atoms with van der Waals surface area (Å²) in [6.45, 7) is 4.77. The summed E-state index contributed by atoms with van der Waals surface area (Å²) in [5, 5.41) is 2.48. The van der Waals surface area contributed by atoms with Gasteiger partial charge in [0.05, 0.1) is 27.8 Å². The van der Waals surface area contributed by atoms with E-state index in [2.05, 4.69) is 237 Å². The van der Waals surface area contributed by atoms with Crippen LogP contribution in [0.25, 0.3) is 83.6 Å². The van der Waals surface area contributed by atoms with Crippen LogP contribution < -0.4 is 0 Å². The topological polar surface area (TPSA) is 30.7 Å². The van der Waals surface area contributed by atoms with Gasteiger partial charge in [-0.2, -0.15) is 0 Å². The third-order valence-corrected chi connectivity index (χ3v) is 14.3. The first-order valence-electron chi connectivity index (χ1n) is 22.6. The average Bonchev–Trinajstić information content (AvgIpc) is 3.86. The van der Waals surface area contributed by atoms with Crippen molar-refractivity contribution in [3.8, 4) is 61.8 Å². The molecule has 2 aliphatic rings. The number of fused-ring (bicyclic) bond motifs is 12. The monoisotopic (exact) mass is 829 g/mol. The van der Waals surface area contributed by atoms with E-state index in [1.54, 1.807) is 0 Å². The fraction of sp³-hybridized carbons (Fsp3) is 0.0645. The van der Waals surface area contributed by atoms with Crippen LogP contribution in [0.1, 0.15) is 47.2 Å². The Hall–Kier alpha value is -8.14. The second kappa shape index (κ2) is 14.2. The minimum atomic E-state index is -0.563. The molecule has 2 aliphatic carbocycles. The molecule has 0 amide bonds. The summed E-state index contributed by atoms with van der Waals surface area (Å²) < 4.78 is 2.39. The van der Waals surface area contributed by atoms with Crippen LogP contribution in [-0.4, -0.2) is 14.5 Å². The first-order valence-corrected chi connectivity index (χ1v) is 22.6. The standard InChI is InChI=1S/C62H43N3/c1-61(2)50-27-13-15-29-52(50)62(53-30-16-14-28-51(53)61)49-35-33-42(43-34-36-58-47(37-43)45-25-12-17-32-57(45)65(58)44-23-10-5-11-24-44)38-48(49)59-46(26-18-31-54(59)62)56-39-55(40-19-6-3-7-20-40)63-60(64-56)41-21-8-4-9-22-41/h3-39H,1-2H3. The Morgan fingerprint density at radius 1 is 0.354 bits per heavy atom. The molecule has 0 radical (unpaired) electrons. The van der Waals surface area contributed by atoms with Crippen molar-refractivity contribution < 1.29 is 0 Å². The minimum absolute atomic E-state index is 0.199. The highest BCUT2D eigenvalue weighted by Crippen LogP contribution is 2.63. The zero-order valence-electron chi connectivity index (χ0n) is 36.2. The molecular weight excluding hydrogens is 787 g/mol. The fourth-order valence-electron chi connectivity index (χ4n) is 11.4. The molecule has 2 heterocycles. The van der Waals surface area contributed by atoms with Crippen LogP contribution in [0.4, 0.5) is 0 Å². The van der Waals surface area contributed by atoms with Gasteiger partial charge in [0.15, 0.2) is 5.82 Å². The minimum Gasteiger partial charge on any atom is -0.309 e. The lowest BCUT2D eigenvalue weighted by Gasteiger charge is -2.46. The molecule has 0 unspecified atom stereocenters. The molecule has 0 aliphatic heterocycles. The van der Waals surface area contributed by atoms with Gasteiger partial charge in [0.2, 0.25) is 0 Å². The summed E-state index contributed by atoms with van der Waals surface area (Å²) in [4.78, 5) is 10.7. The van der Waals surface area contributed by atoms with Crippen LogP contribution in [0.3, 0.4) is 0 Å². The third-order valence-electron chi connectivity index (χ3n) is 14.3. The summed E-state index contributed by atoms with van der Waals surface area (Å²) in [5.74, 6) is 0.708. The van der Waals surface area contributed by atoms with Crippen molar-refractivity contribution in [2.45, 2.75) is 24.7 Å². The van der Waals surface area contributed by atoms with E-state index in [0.29, 0.717) is 5.82 Å². The summed E-state index contributed by atoms with van der Waals surface area (Å²) >= 11 is 0. The lowest BCUT2D eigenvalue weighted by molar-refractivity contribution is 0.563. The van der Waals surface area contributed by atoms with E-state index in [1.807, 2.05) is 6.07 Å². The Balaban J connectivity index is 1.10. The van der Waals surface area contributed by atoms with E-state index < -0.39 is 5.41 Å². The molecule has 0 fully saturated rings. The molecule has 306 valence electrons. The van der Waals surface area contributed by atoms with Gasteiger partial charge in [0.1, 0.15) is 0 Å². The van der Waals surface area contributed by atoms with Gasteiger partial charge in [-0.3, -0.25) is 0 Å². The Morgan fingerprint density at radius 2 is 0.908 bits per heavy atom. The molecule has 9 aromatic carbocycles. The number of hydrogen-bond acceptors (Lipinski definition) is 2. The lowest BCUT2D eigenvalue weighted by Crippen LogP contribution is -2.40. The average molecular weight is 830 g/mol. The van der Waals surface area contributed by atoms with Crippen molar-refractivity contribution in [1.82, 2.24) is 14.5 Å². The largest absolute Gasteiger partial charge is 0.309 e. The molecule has 0 saturated carbocycles. The van der Waals surface area contributed by atoms with Crippen LogP contribution in [0, 0.1) is 0 Å². The van der Waals surface area contributed by atoms with Gasteiger partial charge in [0.25, 0.3) is 0 Å². The maximum Gasteiger partial charge on any atom is 0.160 e. The number of benzene rings is 9. The number of nitrogens with zero attached hydrogens (tertiary/aromatic N) is 3. The smallest absolute Gasteiger partial charge is 0.160 e. The van der Waals surface area contributed by atoms with E-state index in [9.17, 15) is 0 Å². The van der Waals surface area contributed by atoms with Gasteiger partial charge in [-0.25, -0.2) is 9.97 Å². The summed E-state index contributed by atoms with van der Waals surface area (Å²) in [6.07, 6.45) is 0. The molecule has 0 bridgehead atoms. The number of hydrogen-bond donors (Lipinski definition) is 0. The molecule has 3 heteroatoms. The molecule has 3 nitrogen and oxygen atoms in total. The molecule has 65 heavy (non-hydrogen) atoms. The van der Waals surface area contributed by atoms with E-state index in [-0.39, 0.29) is 5.41 Å². The van der Waals surface area contributed by atoms with Gasteiger partial charge in [-0.1, -0.05) is 196 Å². The quantitative estimate of drug-likeness (QED) is 0.173. The van der Waals surface area contributed by atoms with E-state index in [4.69, 9.17) is 9.97 Å². The highest BCUT2D eigenvalue weighted by molar-refractivity contribution is 6.10. The van der Waals surface area contributed by atoms with E-state index in [1.165, 1.54) is 77.4 Å². The molecule has 0 saturated heterocycles. The highest BCUT2D eigenvalue weighted by Gasteiger charge is 2.53. The zero-order valence-corrected chi connectivity index (χ0v) is 36.2. The Morgan fingerprint density at radius 3 is 1.63 bits per heavy atom. The van der Waals surface area contributed by atoms with Crippen LogP contribution in [0.5, 0.6) is 0 Å². The van der Waals surface area contributed by atoms with Gasteiger partial charge in [-0.15, -0.1) is 0 Å². The predicted molar refractivity (Wildman–Crippen MR) is 268 cm³/mol. The van der Waals surface area contributed by atoms with E-state index in [0.717, 1.165) is 33.8 Å². The maximum atomic E-state index is 5.45. The fourth-order valence-corrected chi connectivity index (χ4v) is 11.4. The number of aromatic nitrogens is 3. The molecule has 1 spiro atoms. The maximum absolute atomic E-state index is 5.45. The van der Waals surface area contributed by atoms with Gasteiger partial charge >= 0.3 is 0 Å². The summed E-state index contributed by atoms with van der Waals surface area (Å²) in [7, 11) is 0. The van der Waals surface area contributed by atoms with Crippen LogP contribution >= 0.6 is 0 Å². The van der Waals surface area contributed by atoms with Gasteiger partial charge < -0.3 is 4.57 Å². The van der Waals surface area contributed by atoms with Gasteiger partial charge in [0, 0.05) is 38.6 Å². The SMILES string of the molecule is CC1(C)c2ccccc2C2(c3ccc(-c4ccc5c(c4)c4ccccc4n5-c4ccccc4)cc3-c3c(-c4cc(-c5ccccc5)nc(-c5ccccc5)n4)cccc32)c2ccccc21. The van der Waals surface area contributed by atoms with Crippen LogP contribution in [0.15, 0.2) is 224 Å². The Labute approximate surface area is 379 Å². The number of rotatable bonds is 5. The molecule has 11 aromatic rings.